The van der Waals surface area contributed by atoms with Crippen LogP contribution in [0.3, 0.4) is 0 Å². The molecule has 4 heteroatoms. The summed E-state index contributed by atoms with van der Waals surface area (Å²) in [6.45, 7) is 5.72. The summed E-state index contributed by atoms with van der Waals surface area (Å²) in [5.41, 5.74) is 6.36. The number of hydrogen-bond donors (Lipinski definition) is 1. The van der Waals surface area contributed by atoms with Crippen LogP contribution in [0, 0.1) is 23.7 Å². The van der Waals surface area contributed by atoms with Gasteiger partial charge in [0, 0.05) is 18.8 Å². The van der Waals surface area contributed by atoms with Gasteiger partial charge in [-0.2, -0.15) is 5.26 Å². The number of nitrogens with zero attached hydrogens (tertiary/aromatic N) is 2. The van der Waals surface area contributed by atoms with E-state index < -0.39 is 5.41 Å². The summed E-state index contributed by atoms with van der Waals surface area (Å²) < 4.78 is 1.48. The third-order valence-corrected chi connectivity index (χ3v) is 2.24. The highest BCUT2D eigenvalue weighted by Crippen LogP contribution is 2.16. The first-order valence-corrected chi connectivity index (χ1v) is 4.73. The maximum absolute atomic E-state index is 11.6. The maximum atomic E-state index is 11.6. The first kappa shape index (κ1) is 11.3. The van der Waals surface area contributed by atoms with Gasteiger partial charge in [-0.15, -0.1) is 0 Å². The molecule has 0 saturated heterocycles. The predicted molar refractivity (Wildman–Crippen MR) is 59.2 cm³/mol. The van der Waals surface area contributed by atoms with Crippen LogP contribution in [0.5, 0.6) is 0 Å². The molecule has 1 aromatic heterocycles. The van der Waals surface area contributed by atoms with Crippen molar-refractivity contribution in [1.82, 2.24) is 4.57 Å². The van der Waals surface area contributed by atoms with E-state index in [4.69, 9.17) is 11.0 Å². The van der Waals surface area contributed by atoms with Gasteiger partial charge in [-0.05, 0) is 26.3 Å². The highest BCUT2D eigenvalue weighted by molar-refractivity contribution is 5.42. The summed E-state index contributed by atoms with van der Waals surface area (Å²) >= 11 is 0. The second kappa shape index (κ2) is 3.77. The molecule has 0 aliphatic heterocycles. The van der Waals surface area contributed by atoms with Crippen LogP contribution in [-0.4, -0.2) is 4.57 Å². The molecule has 0 bridgehead atoms. The Morgan fingerprint density at radius 1 is 1.60 bits per heavy atom. The average molecular weight is 205 g/mol. The minimum atomic E-state index is -0.564. The molecule has 0 aromatic carbocycles. The first-order valence-electron chi connectivity index (χ1n) is 4.73. The van der Waals surface area contributed by atoms with Crippen LogP contribution >= 0.6 is 0 Å². The quantitative estimate of drug-likeness (QED) is 0.790. The van der Waals surface area contributed by atoms with E-state index in [9.17, 15) is 4.79 Å². The highest BCUT2D eigenvalue weighted by atomic mass is 16.1. The van der Waals surface area contributed by atoms with Gasteiger partial charge in [0.05, 0.1) is 17.2 Å². The number of aryl methyl sites for hydroxylation is 1. The van der Waals surface area contributed by atoms with Crippen LogP contribution < -0.4 is 11.3 Å². The van der Waals surface area contributed by atoms with Crippen molar-refractivity contribution in [1.29, 1.82) is 5.26 Å². The van der Waals surface area contributed by atoms with Crippen molar-refractivity contribution >= 4 is 5.69 Å². The molecule has 15 heavy (non-hydrogen) atoms. The Labute approximate surface area is 88.9 Å². The SMILES string of the molecule is Cc1cc(=O)n(CC(C)(C)C#N)cc1N. The monoisotopic (exact) mass is 205 g/mol. The summed E-state index contributed by atoms with van der Waals surface area (Å²) in [5.74, 6) is 0. The lowest BCUT2D eigenvalue weighted by Crippen LogP contribution is -2.27. The van der Waals surface area contributed by atoms with E-state index in [1.165, 1.54) is 10.6 Å². The van der Waals surface area contributed by atoms with E-state index in [0.717, 1.165) is 5.56 Å². The second-order valence-corrected chi connectivity index (χ2v) is 4.37. The standard InChI is InChI=1S/C11H15N3O/c1-8-4-10(15)14(5-9(8)13)7-11(2,3)6-12/h4-5H,7,13H2,1-3H3. The molecule has 1 heterocycles. The van der Waals surface area contributed by atoms with Gasteiger partial charge in [0.2, 0.25) is 0 Å². The third kappa shape index (κ3) is 2.59. The molecular formula is C11H15N3O. The van der Waals surface area contributed by atoms with E-state index >= 15 is 0 Å². The molecule has 2 N–H and O–H groups in total. The fourth-order valence-electron chi connectivity index (χ4n) is 1.27. The van der Waals surface area contributed by atoms with E-state index in [0.29, 0.717) is 12.2 Å². The van der Waals surface area contributed by atoms with Gasteiger partial charge in [0.1, 0.15) is 0 Å². The normalized spacial score (nSPS) is 11.1. The molecular weight excluding hydrogens is 190 g/mol. The highest BCUT2D eigenvalue weighted by Gasteiger charge is 2.18. The van der Waals surface area contributed by atoms with Crippen molar-refractivity contribution in [3.8, 4) is 6.07 Å². The molecule has 1 aromatic rings. The molecule has 0 aliphatic carbocycles. The second-order valence-electron chi connectivity index (χ2n) is 4.37. The van der Waals surface area contributed by atoms with Gasteiger partial charge in [0.25, 0.3) is 5.56 Å². The minimum Gasteiger partial charge on any atom is -0.397 e. The zero-order valence-electron chi connectivity index (χ0n) is 9.24. The molecule has 0 radical (unpaired) electrons. The van der Waals surface area contributed by atoms with Crippen molar-refractivity contribution < 1.29 is 0 Å². The van der Waals surface area contributed by atoms with Crippen LogP contribution in [0.2, 0.25) is 0 Å². The molecule has 4 nitrogen and oxygen atoms in total. The van der Waals surface area contributed by atoms with Gasteiger partial charge in [0.15, 0.2) is 0 Å². The first-order chi connectivity index (χ1) is 6.85. The number of pyridine rings is 1. The molecule has 0 unspecified atom stereocenters. The van der Waals surface area contributed by atoms with Gasteiger partial charge >= 0.3 is 0 Å². The number of rotatable bonds is 2. The summed E-state index contributed by atoms with van der Waals surface area (Å²) in [6, 6.07) is 3.64. The smallest absolute Gasteiger partial charge is 0.250 e. The zero-order valence-corrected chi connectivity index (χ0v) is 9.24. The zero-order chi connectivity index (χ0) is 11.6. The number of hydrogen-bond acceptors (Lipinski definition) is 3. The predicted octanol–water partition coefficient (Wildman–Crippen LogP) is 1.29. The Kier molecular flexibility index (Phi) is 2.85. The summed E-state index contributed by atoms with van der Waals surface area (Å²) in [5, 5.41) is 8.87. The third-order valence-electron chi connectivity index (χ3n) is 2.24. The van der Waals surface area contributed by atoms with Crippen LogP contribution in [-0.2, 0) is 6.54 Å². The topological polar surface area (TPSA) is 71.8 Å². The molecule has 0 saturated carbocycles. The molecule has 80 valence electrons. The molecule has 0 atom stereocenters. The van der Waals surface area contributed by atoms with Crippen molar-refractivity contribution in [2.24, 2.45) is 5.41 Å². The summed E-state index contributed by atoms with van der Waals surface area (Å²) in [7, 11) is 0. The van der Waals surface area contributed by atoms with Crippen LogP contribution in [0.25, 0.3) is 0 Å². The van der Waals surface area contributed by atoms with Gasteiger partial charge in [-0.25, -0.2) is 0 Å². The lowest BCUT2D eigenvalue weighted by Gasteiger charge is -2.17. The van der Waals surface area contributed by atoms with Crippen LogP contribution in [0.15, 0.2) is 17.1 Å². The van der Waals surface area contributed by atoms with Crippen LogP contribution in [0.4, 0.5) is 5.69 Å². The molecule has 0 spiro atoms. The van der Waals surface area contributed by atoms with Gasteiger partial charge < -0.3 is 10.3 Å². The maximum Gasteiger partial charge on any atom is 0.250 e. The van der Waals surface area contributed by atoms with Crippen molar-refractivity contribution in [2.45, 2.75) is 27.3 Å². The van der Waals surface area contributed by atoms with Crippen molar-refractivity contribution in [3.05, 3.63) is 28.2 Å². The molecule has 0 aliphatic rings. The van der Waals surface area contributed by atoms with E-state index in [-0.39, 0.29) is 5.56 Å². The lowest BCUT2D eigenvalue weighted by atomic mass is 9.96. The van der Waals surface area contributed by atoms with Crippen LogP contribution in [0.1, 0.15) is 19.4 Å². The number of anilines is 1. The van der Waals surface area contributed by atoms with E-state index in [2.05, 4.69) is 6.07 Å². The van der Waals surface area contributed by atoms with Gasteiger partial charge in [-0.3, -0.25) is 4.79 Å². The number of nitriles is 1. The van der Waals surface area contributed by atoms with Gasteiger partial charge in [-0.1, -0.05) is 0 Å². The average Bonchev–Trinajstić information content (AvgIpc) is 2.14. The molecule has 0 fully saturated rings. The Morgan fingerprint density at radius 3 is 2.73 bits per heavy atom. The van der Waals surface area contributed by atoms with E-state index in [1.807, 2.05) is 0 Å². The fraction of sp³-hybridized carbons (Fsp3) is 0.455. The lowest BCUT2D eigenvalue weighted by molar-refractivity contribution is 0.402. The Morgan fingerprint density at radius 2 is 2.20 bits per heavy atom. The minimum absolute atomic E-state index is 0.120. The van der Waals surface area contributed by atoms with E-state index in [1.54, 1.807) is 27.0 Å². The molecule has 1 rings (SSSR count). The summed E-state index contributed by atoms with van der Waals surface area (Å²) in [6.07, 6.45) is 1.59. The number of nitrogen functional groups attached to an aromatic ring is 1. The summed E-state index contributed by atoms with van der Waals surface area (Å²) in [4.78, 5) is 11.6. The molecule has 0 amide bonds. The Bertz CT molecular complexity index is 466. The largest absolute Gasteiger partial charge is 0.397 e. The van der Waals surface area contributed by atoms with Crippen molar-refractivity contribution in [2.75, 3.05) is 5.73 Å². The van der Waals surface area contributed by atoms with Crippen molar-refractivity contribution in [3.63, 3.8) is 0 Å². The number of nitrogens with two attached hydrogens (primary N) is 1. The Hall–Kier alpha value is -1.76. The fourth-order valence-corrected chi connectivity index (χ4v) is 1.27. The number of aromatic nitrogens is 1. The Balaban J connectivity index is 3.13.